The lowest BCUT2D eigenvalue weighted by molar-refractivity contribution is -0.138. The van der Waals surface area contributed by atoms with Crippen LogP contribution >= 0.6 is 11.6 Å². The average molecular weight is 292 g/mol. The second-order valence-electron chi connectivity index (χ2n) is 4.31. The molecule has 1 atom stereocenters. The van der Waals surface area contributed by atoms with Gasteiger partial charge in [-0.25, -0.2) is 0 Å². The third-order valence-corrected chi connectivity index (χ3v) is 3.02. The van der Waals surface area contributed by atoms with Crippen LogP contribution in [-0.4, -0.2) is 17.1 Å². The lowest BCUT2D eigenvalue weighted by Gasteiger charge is -2.13. The normalized spacial score (nSPS) is 11.9. The van der Waals surface area contributed by atoms with E-state index in [1.807, 2.05) is 12.1 Å². The molecule has 3 N–H and O–H groups in total. The summed E-state index contributed by atoms with van der Waals surface area (Å²) < 4.78 is 5.74. The highest BCUT2D eigenvalue weighted by atomic mass is 35.5. The Morgan fingerprint density at radius 3 is 2.50 bits per heavy atom. The summed E-state index contributed by atoms with van der Waals surface area (Å²) in [6.45, 7) is 0. The van der Waals surface area contributed by atoms with Crippen molar-refractivity contribution < 1.29 is 14.6 Å². The lowest BCUT2D eigenvalue weighted by atomic mass is 10.1. The van der Waals surface area contributed by atoms with Gasteiger partial charge in [-0.3, -0.25) is 4.79 Å². The molecule has 0 aromatic heterocycles. The predicted octanol–water partition coefficient (Wildman–Crippen LogP) is 3.09. The Labute approximate surface area is 121 Å². The fourth-order valence-corrected chi connectivity index (χ4v) is 1.85. The number of nitrogens with two attached hydrogens (primary N) is 1. The van der Waals surface area contributed by atoms with Crippen molar-refractivity contribution in [1.29, 1.82) is 0 Å². The van der Waals surface area contributed by atoms with Gasteiger partial charge in [0.1, 0.15) is 17.5 Å². The Morgan fingerprint density at radius 1 is 1.20 bits per heavy atom. The van der Waals surface area contributed by atoms with E-state index < -0.39 is 12.0 Å². The van der Waals surface area contributed by atoms with Crippen LogP contribution in [0.1, 0.15) is 5.56 Å². The first-order valence-electron chi connectivity index (χ1n) is 6.06. The maximum atomic E-state index is 10.8. The minimum absolute atomic E-state index is 0.207. The smallest absolute Gasteiger partial charge is 0.320 e. The minimum Gasteiger partial charge on any atom is -0.480 e. The Kier molecular flexibility index (Phi) is 4.61. The molecule has 0 bridgehead atoms. The number of carbonyl (C=O) groups is 1. The van der Waals surface area contributed by atoms with E-state index in [0.717, 1.165) is 5.56 Å². The summed E-state index contributed by atoms with van der Waals surface area (Å²) in [4.78, 5) is 10.8. The van der Waals surface area contributed by atoms with Crippen LogP contribution in [0.2, 0.25) is 5.02 Å². The van der Waals surface area contributed by atoms with Crippen molar-refractivity contribution in [2.45, 2.75) is 12.5 Å². The quantitative estimate of drug-likeness (QED) is 0.888. The minimum atomic E-state index is -1.04. The Bertz CT molecular complexity index is 598. The summed E-state index contributed by atoms with van der Waals surface area (Å²) in [7, 11) is 0. The van der Waals surface area contributed by atoms with Gasteiger partial charge in [0.25, 0.3) is 0 Å². The van der Waals surface area contributed by atoms with Gasteiger partial charge in [-0.1, -0.05) is 29.8 Å². The number of hydrogen-bond donors (Lipinski definition) is 2. The third-order valence-electron chi connectivity index (χ3n) is 2.77. The molecule has 104 valence electrons. The number of benzene rings is 2. The van der Waals surface area contributed by atoms with Crippen LogP contribution in [0.3, 0.4) is 0 Å². The van der Waals surface area contributed by atoms with Gasteiger partial charge in [0.15, 0.2) is 0 Å². The van der Waals surface area contributed by atoms with Gasteiger partial charge >= 0.3 is 5.97 Å². The highest BCUT2D eigenvalue weighted by molar-refractivity contribution is 6.30. The molecule has 5 heteroatoms. The van der Waals surface area contributed by atoms with Gasteiger partial charge in [-0.15, -0.1) is 0 Å². The standard InChI is InChI=1S/C15H14ClNO3/c16-11-5-7-12(8-6-11)20-14-4-2-1-3-10(14)9-13(17)15(18)19/h1-8,13H,9,17H2,(H,18,19). The first-order valence-corrected chi connectivity index (χ1v) is 6.44. The molecule has 0 aliphatic rings. The van der Waals surface area contributed by atoms with E-state index in [2.05, 4.69) is 0 Å². The van der Waals surface area contributed by atoms with E-state index in [1.165, 1.54) is 0 Å². The molecule has 0 heterocycles. The number of hydrogen-bond acceptors (Lipinski definition) is 3. The van der Waals surface area contributed by atoms with Crippen LogP contribution < -0.4 is 10.5 Å². The maximum Gasteiger partial charge on any atom is 0.320 e. The van der Waals surface area contributed by atoms with Crippen molar-refractivity contribution in [3.8, 4) is 11.5 Å². The summed E-state index contributed by atoms with van der Waals surface area (Å²) in [5.74, 6) is 0.184. The molecule has 0 saturated heterocycles. The molecule has 0 fully saturated rings. The second kappa shape index (κ2) is 6.41. The van der Waals surface area contributed by atoms with Crippen molar-refractivity contribution in [3.05, 3.63) is 59.1 Å². The number of para-hydroxylation sites is 1. The number of carboxylic acids is 1. The molecule has 2 aromatic rings. The third kappa shape index (κ3) is 3.73. The molecule has 4 nitrogen and oxygen atoms in total. The van der Waals surface area contributed by atoms with E-state index in [4.69, 9.17) is 27.2 Å². The topological polar surface area (TPSA) is 72.5 Å². The Balaban J connectivity index is 2.19. The van der Waals surface area contributed by atoms with E-state index in [9.17, 15) is 4.79 Å². The number of halogens is 1. The fourth-order valence-electron chi connectivity index (χ4n) is 1.73. The van der Waals surface area contributed by atoms with Gasteiger partial charge in [-0.05, 0) is 35.9 Å². The van der Waals surface area contributed by atoms with E-state index in [1.54, 1.807) is 36.4 Å². The summed E-state index contributed by atoms with van der Waals surface area (Å²) in [5, 5.41) is 9.50. The largest absolute Gasteiger partial charge is 0.480 e. The fraction of sp³-hybridized carbons (Fsp3) is 0.133. The molecule has 2 aromatic carbocycles. The SMILES string of the molecule is NC(Cc1ccccc1Oc1ccc(Cl)cc1)C(=O)O. The van der Waals surface area contributed by atoms with Crippen LogP contribution in [0.25, 0.3) is 0 Å². The lowest BCUT2D eigenvalue weighted by Crippen LogP contribution is -2.32. The number of rotatable bonds is 5. The molecule has 0 amide bonds. The molecule has 0 saturated carbocycles. The monoisotopic (exact) mass is 291 g/mol. The molecule has 1 unspecified atom stereocenters. The van der Waals surface area contributed by atoms with Crippen LogP contribution in [-0.2, 0) is 11.2 Å². The van der Waals surface area contributed by atoms with E-state index >= 15 is 0 Å². The van der Waals surface area contributed by atoms with Gasteiger partial charge in [0.05, 0.1) is 0 Å². The van der Waals surface area contributed by atoms with Gasteiger partial charge in [-0.2, -0.15) is 0 Å². The summed E-state index contributed by atoms with van der Waals surface area (Å²) in [6, 6.07) is 13.2. The number of ether oxygens (including phenoxy) is 1. The van der Waals surface area contributed by atoms with Gasteiger partial charge < -0.3 is 15.6 Å². The number of aliphatic carboxylic acids is 1. The summed E-state index contributed by atoms with van der Waals surface area (Å²) >= 11 is 5.81. The van der Waals surface area contributed by atoms with E-state index in [0.29, 0.717) is 16.5 Å². The van der Waals surface area contributed by atoms with Crippen molar-refractivity contribution in [3.63, 3.8) is 0 Å². The first kappa shape index (κ1) is 14.4. The van der Waals surface area contributed by atoms with Gasteiger partial charge in [0.2, 0.25) is 0 Å². The summed E-state index contributed by atoms with van der Waals surface area (Å²) in [6.07, 6.45) is 0.207. The molecule has 0 aliphatic heterocycles. The molecular weight excluding hydrogens is 278 g/mol. The molecule has 20 heavy (non-hydrogen) atoms. The molecule has 0 aliphatic carbocycles. The van der Waals surface area contributed by atoms with Crippen molar-refractivity contribution in [2.24, 2.45) is 5.73 Å². The number of carboxylic acid groups (broad SMARTS) is 1. The van der Waals surface area contributed by atoms with E-state index in [-0.39, 0.29) is 6.42 Å². The zero-order valence-electron chi connectivity index (χ0n) is 10.6. The van der Waals surface area contributed by atoms with Crippen molar-refractivity contribution in [1.82, 2.24) is 0 Å². The van der Waals surface area contributed by atoms with Crippen molar-refractivity contribution in [2.75, 3.05) is 0 Å². The molecule has 0 spiro atoms. The Hall–Kier alpha value is -2.04. The van der Waals surface area contributed by atoms with Crippen LogP contribution in [0, 0.1) is 0 Å². The van der Waals surface area contributed by atoms with Gasteiger partial charge in [0, 0.05) is 11.4 Å². The Morgan fingerprint density at radius 2 is 1.85 bits per heavy atom. The van der Waals surface area contributed by atoms with Crippen LogP contribution in [0.5, 0.6) is 11.5 Å². The van der Waals surface area contributed by atoms with Crippen molar-refractivity contribution >= 4 is 17.6 Å². The van der Waals surface area contributed by atoms with Crippen LogP contribution in [0.15, 0.2) is 48.5 Å². The second-order valence-corrected chi connectivity index (χ2v) is 4.75. The zero-order chi connectivity index (χ0) is 14.5. The van der Waals surface area contributed by atoms with Crippen LogP contribution in [0.4, 0.5) is 0 Å². The first-order chi connectivity index (χ1) is 9.56. The zero-order valence-corrected chi connectivity index (χ0v) is 11.4. The predicted molar refractivity (Wildman–Crippen MR) is 77.3 cm³/mol. The highest BCUT2D eigenvalue weighted by Gasteiger charge is 2.15. The molecule has 0 radical (unpaired) electrons. The highest BCUT2D eigenvalue weighted by Crippen LogP contribution is 2.27. The molecular formula is C15H14ClNO3. The summed E-state index contributed by atoms with van der Waals surface area (Å²) in [5.41, 5.74) is 6.31. The maximum absolute atomic E-state index is 10.8. The molecule has 2 rings (SSSR count). The average Bonchev–Trinajstić information content (AvgIpc) is 2.43.